The molecule has 0 aliphatic rings. The first-order valence-electron chi connectivity index (χ1n) is 7.23. The average molecular weight is 297 g/mol. The van der Waals surface area contributed by atoms with Gasteiger partial charge in [-0.3, -0.25) is 0 Å². The molecule has 0 saturated carbocycles. The van der Waals surface area contributed by atoms with Gasteiger partial charge in [-0.1, -0.05) is 29.8 Å². The molecule has 0 aliphatic carbocycles. The van der Waals surface area contributed by atoms with Crippen LogP contribution in [0, 0.1) is 6.92 Å². The Labute approximate surface area is 130 Å². The maximum atomic E-state index is 11.8. The maximum Gasteiger partial charge on any atom is 0.365 e. The number of carbonyl (C=O) groups excluding carboxylic acids is 1. The predicted molar refractivity (Wildman–Crippen MR) is 86.4 cm³/mol. The highest BCUT2D eigenvalue weighted by atomic mass is 16.7. The highest BCUT2D eigenvalue weighted by Crippen LogP contribution is 2.11. The van der Waals surface area contributed by atoms with Crippen molar-refractivity contribution in [2.24, 2.45) is 5.16 Å². The van der Waals surface area contributed by atoms with Gasteiger partial charge in [0, 0.05) is 0 Å². The molecule has 0 fully saturated rings. The van der Waals surface area contributed by atoms with E-state index in [2.05, 4.69) is 12.1 Å². The summed E-state index contributed by atoms with van der Waals surface area (Å²) < 4.78 is 5.49. The maximum absolute atomic E-state index is 11.8. The van der Waals surface area contributed by atoms with Crippen molar-refractivity contribution in [2.45, 2.75) is 20.3 Å². The van der Waals surface area contributed by atoms with Gasteiger partial charge in [0.2, 0.25) is 0 Å². The fourth-order valence-electron chi connectivity index (χ4n) is 1.75. The first-order chi connectivity index (χ1) is 10.7. The summed E-state index contributed by atoms with van der Waals surface area (Å²) in [6, 6.07) is 14.6. The summed E-state index contributed by atoms with van der Waals surface area (Å²) in [7, 11) is 0. The summed E-state index contributed by atoms with van der Waals surface area (Å²) >= 11 is 0. The second-order valence-corrected chi connectivity index (χ2v) is 4.90. The van der Waals surface area contributed by atoms with Gasteiger partial charge in [0.15, 0.2) is 0 Å². The molecule has 0 amide bonds. The lowest BCUT2D eigenvalue weighted by Crippen LogP contribution is -2.00. The van der Waals surface area contributed by atoms with Crippen molar-refractivity contribution in [1.29, 1.82) is 0 Å². The third-order valence-electron chi connectivity index (χ3n) is 2.98. The summed E-state index contributed by atoms with van der Waals surface area (Å²) in [6.07, 6.45) is 2.47. The molecular formula is C18H19NO3. The average Bonchev–Trinajstić information content (AvgIpc) is 2.54. The smallest absolute Gasteiger partial charge is 0.365 e. The quantitative estimate of drug-likeness (QED) is 0.460. The minimum atomic E-state index is -0.473. The number of hydrogen-bond acceptors (Lipinski definition) is 4. The van der Waals surface area contributed by atoms with Crippen LogP contribution < -0.4 is 4.74 Å². The van der Waals surface area contributed by atoms with E-state index in [0.717, 1.165) is 23.3 Å². The molecule has 0 atom stereocenters. The van der Waals surface area contributed by atoms with Crippen LogP contribution in [0.4, 0.5) is 0 Å². The molecule has 2 aromatic carbocycles. The fourth-order valence-corrected chi connectivity index (χ4v) is 1.75. The molecule has 4 nitrogen and oxygen atoms in total. The van der Waals surface area contributed by atoms with E-state index < -0.39 is 5.97 Å². The number of carbonyl (C=O) groups is 1. The van der Waals surface area contributed by atoms with Crippen LogP contribution in [0.15, 0.2) is 53.7 Å². The molecule has 0 N–H and O–H groups in total. The van der Waals surface area contributed by atoms with Crippen molar-refractivity contribution in [3.8, 4) is 5.75 Å². The molecule has 0 heterocycles. The van der Waals surface area contributed by atoms with Crippen LogP contribution in [0.3, 0.4) is 0 Å². The van der Waals surface area contributed by atoms with Crippen LogP contribution in [-0.4, -0.2) is 18.8 Å². The van der Waals surface area contributed by atoms with Gasteiger partial charge in [0.05, 0.1) is 18.4 Å². The summed E-state index contributed by atoms with van der Waals surface area (Å²) in [5.74, 6) is 0.342. The highest BCUT2D eigenvalue weighted by Gasteiger charge is 2.05. The third-order valence-corrected chi connectivity index (χ3v) is 2.98. The molecule has 0 radical (unpaired) electrons. The lowest BCUT2D eigenvalue weighted by Gasteiger charge is -2.03. The van der Waals surface area contributed by atoms with Crippen molar-refractivity contribution in [2.75, 3.05) is 6.61 Å². The minimum absolute atomic E-state index is 0.473. The fraction of sp³-hybridized carbons (Fsp3) is 0.222. The van der Waals surface area contributed by atoms with Gasteiger partial charge in [-0.05, 0) is 55.3 Å². The molecule has 0 spiro atoms. The normalized spacial score (nSPS) is 10.6. The van der Waals surface area contributed by atoms with E-state index >= 15 is 0 Å². The number of oxime groups is 1. The number of benzene rings is 2. The molecule has 4 heteroatoms. The van der Waals surface area contributed by atoms with Gasteiger partial charge in [-0.25, -0.2) is 4.79 Å². The Morgan fingerprint density at radius 1 is 1.09 bits per heavy atom. The van der Waals surface area contributed by atoms with Gasteiger partial charge in [-0.15, -0.1) is 0 Å². The lowest BCUT2D eigenvalue weighted by atomic mass is 10.2. The van der Waals surface area contributed by atoms with Crippen LogP contribution in [0.5, 0.6) is 5.75 Å². The minimum Gasteiger partial charge on any atom is -0.494 e. The molecule has 2 aromatic rings. The van der Waals surface area contributed by atoms with E-state index in [1.165, 1.54) is 6.21 Å². The highest BCUT2D eigenvalue weighted by molar-refractivity contribution is 5.90. The zero-order valence-corrected chi connectivity index (χ0v) is 12.8. The van der Waals surface area contributed by atoms with Gasteiger partial charge in [-0.2, -0.15) is 0 Å². The number of hydrogen-bond donors (Lipinski definition) is 0. The molecule has 2 rings (SSSR count). The molecule has 0 aromatic heterocycles. The lowest BCUT2D eigenvalue weighted by molar-refractivity contribution is 0.0519. The Kier molecular flexibility index (Phi) is 5.72. The van der Waals surface area contributed by atoms with E-state index in [0.29, 0.717) is 12.2 Å². The van der Waals surface area contributed by atoms with Crippen molar-refractivity contribution < 1.29 is 14.4 Å². The van der Waals surface area contributed by atoms with Crippen LogP contribution >= 0.6 is 0 Å². The van der Waals surface area contributed by atoms with Gasteiger partial charge in [0.1, 0.15) is 5.75 Å². The second kappa shape index (κ2) is 7.98. The predicted octanol–water partition coefficient (Wildman–Crippen LogP) is 3.97. The van der Waals surface area contributed by atoms with Crippen LogP contribution in [0.25, 0.3) is 0 Å². The van der Waals surface area contributed by atoms with E-state index in [9.17, 15) is 4.79 Å². The zero-order chi connectivity index (χ0) is 15.8. The van der Waals surface area contributed by atoms with Gasteiger partial charge < -0.3 is 9.57 Å². The topological polar surface area (TPSA) is 47.9 Å². The van der Waals surface area contributed by atoms with Crippen LogP contribution in [-0.2, 0) is 4.84 Å². The van der Waals surface area contributed by atoms with E-state index in [4.69, 9.17) is 9.57 Å². The van der Waals surface area contributed by atoms with Crippen molar-refractivity contribution in [3.63, 3.8) is 0 Å². The van der Waals surface area contributed by atoms with Crippen molar-refractivity contribution in [1.82, 2.24) is 0 Å². The number of aryl methyl sites for hydroxylation is 1. The van der Waals surface area contributed by atoms with E-state index in [1.807, 2.05) is 43.3 Å². The zero-order valence-electron chi connectivity index (χ0n) is 12.8. The number of rotatable bonds is 6. The van der Waals surface area contributed by atoms with Gasteiger partial charge >= 0.3 is 5.97 Å². The Balaban J connectivity index is 1.89. The summed E-state index contributed by atoms with van der Waals surface area (Å²) in [6.45, 7) is 4.71. The molecule has 0 aliphatic heterocycles. The van der Waals surface area contributed by atoms with E-state index in [-0.39, 0.29) is 0 Å². The summed E-state index contributed by atoms with van der Waals surface area (Å²) in [5.41, 5.74) is 2.40. The summed E-state index contributed by atoms with van der Waals surface area (Å²) in [4.78, 5) is 16.6. The monoisotopic (exact) mass is 297 g/mol. The SMILES string of the molecule is CCCOc1ccc(/C=N/OC(=O)c2ccc(C)cc2)cc1. The summed E-state index contributed by atoms with van der Waals surface area (Å²) in [5, 5.41) is 3.72. The van der Waals surface area contributed by atoms with Crippen molar-refractivity contribution >= 4 is 12.2 Å². The number of nitrogens with zero attached hydrogens (tertiary/aromatic N) is 1. The third kappa shape index (κ3) is 4.74. The first-order valence-corrected chi connectivity index (χ1v) is 7.23. The Morgan fingerprint density at radius 2 is 1.77 bits per heavy atom. The standard InChI is InChI=1S/C18H19NO3/c1-3-12-21-17-10-6-15(7-11-17)13-19-22-18(20)16-8-4-14(2)5-9-16/h4-11,13H,3,12H2,1-2H3/b19-13+. The number of ether oxygens (including phenoxy) is 1. The molecular weight excluding hydrogens is 278 g/mol. The Bertz CT molecular complexity index is 630. The van der Waals surface area contributed by atoms with Gasteiger partial charge in [0.25, 0.3) is 0 Å². The largest absolute Gasteiger partial charge is 0.494 e. The van der Waals surface area contributed by atoms with Crippen LogP contribution in [0.2, 0.25) is 0 Å². The Hall–Kier alpha value is -2.62. The van der Waals surface area contributed by atoms with E-state index in [1.54, 1.807) is 12.1 Å². The second-order valence-electron chi connectivity index (χ2n) is 4.90. The van der Waals surface area contributed by atoms with Crippen LogP contribution in [0.1, 0.15) is 34.8 Å². The molecule has 0 saturated heterocycles. The molecule has 0 bridgehead atoms. The molecule has 22 heavy (non-hydrogen) atoms. The Morgan fingerprint density at radius 3 is 2.41 bits per heavy atom. The molecule has 0 unspecified atom stereocenters. The molecule has 114 valence electrons. The first kappa shape index (κ1) is 15.8. The van der Waals surface area contributed by atoms with Crippen molar-refractivity contribution in [3.05, 3.63) is 65.2 Å².